The molecule has 0 unspecified atom stereocenters. The number of hydrogen-bond donors (Lipinski definition) is 1. The summed E-state index contributed by atoms with van der Waals surface area (Å²) in [6, 6.07) is 12.1. The SMILES string of the molecule is Cc1sc2nc(-c3cccnc3)nc(NCc3ccc(F)cc3)c2c1C.c1cncnc1. The van der Waals surface area contributed by atoms with E-state index >= 15 is 0 Å². The van der Waals surface area contributed by atoms with Crippen molar-refractivity contribution in [1.82, 2.24) is 24.9 Å². The molecule has 0 amide bonds. The summed E-state index contributed by atoms with van der Waals surface area (Å²) in [7, 11) is 0. The van der Waals surface area contributed by atoms with Crippen molar-refractivity contribution in [3.63, 3.8) is 0 Å². The second-order valence-corrected chi connectivity index (χ2v) is 8.19. The van der Waals surface area contributed by atoms with Crippen molar-refractivity contribution in [2.75, 3.05) is 5.32 Å². The number of thiophene rings is 1. The van der Waals surface area contributed by atoms with Crippen molar-refractivity contribution < 1.29 is 4.39 Å². The van der Waals surface area contributed by atoms with Gasteiger partial charge in [-0.3, -0.25) is 4.98 Å². The number of anilines is 1. The van der Waals surface area contributed by atoms with E-state index in [0.717, 1.165) is 27.2 Å². The zero-order chi connectivity index (χ0) is 22.3. The Labute approximate surface area is 189 Å². The maximum absolute atomic E-state index is 13.1. The highest BCUT2D eigenvalue weighted by atomic mass is 32.1. The van der Waals surface area contributed by atoms with Crippen LogP contribution in [0.15, 0.2) is 73.6 Å². The van der Waals surface area contributed by atoms with E-state index in [1.54, 1.807) is 54.3 Å². The van der Waals surface area contributed by atoms with E-state index in [1.807, 2.05) is 12.1 Å². The monoisotopic (exact) mass is 444 g/mol. The van der Waals surface area contributed by atoms with Crippen LogP contribution < -0.4 is 5.32 Å². The highest BCUT2D eigenvalue weighted by Crippen LogP contribution is 2.35. The smallest absolute Gasteiger partial charge is 0.164 e. The van der Waals surface area contributed by atoms with Crippen LogP contribution in [0.25, 0.3) is 21.6 Å². The van der Waals surface area contributed by atoms with E-state index < -0.39 is 0 Å². The molecular formula is C24H21FN6S. The molecule has 0 atom stereocenters. The van der Waals surface area contributed by atoms with E-state index in [-0.39, 0.29) is 5.82 Å². The van der Waals surface area contributed by atoms with Gasteiger partial charge < -0.3 is 5.32 Å². The molecule has 0 spiro atoms. The van der Waals surface area contributed by atoms with Crippen LogP contribution >= 0.6 is 11.3 Å². The Morgan fingerprint density at radius 1 is 0.906 bits per heavy atom. The number of benzene rings is 1. The van der Waals surface area contributed by atoms with Gasteiger partial charge in [0.05, 0.1) is 5.39 Å². The average molecular weight is 445 g/mol. The Morgan fingerprint density at radius 2 is 1.66 bits per heavy atom. The standard InChI is InChI=1S/C20H17FN4S.C4H4N2/c1-12-13(2)26-20-17(12)19(23-10-14-5-7-16(21)8-6-14)24-18(25-20)15-4-3-9-22-11-15;1-2-5-4-6-3-1/h3-9,11H,10H2,1-2H3,(H,23,24,25);1-4H. The summed E-state index contributed by atoms with van der Waals surface area (Å²) in [4.78, 5) is 23.2. The number of pyridine rings is 1. The van der Waals surface area contributed by atoms with Crippen LogP contribution in [0.4, 0.5) is 10.2 Å². The highest BCUT2D eigenvalue weighted by Gasteiger charge is 2.15. The number of nitrogens with one attached hydrogen (secondary N) is 1. The quantitative estimate of drug-likeness (QED) is 0.389. The largest absolute Gasteiger partial charge is 0.365 e. The van der Waals surface area contributed by atoms with Gasteiger partial charge in [-0.15, -0.1) is 11.3 Å². The fourth-order valence-corrected chi connectivity index (χ4v) is 4.07. The predicted octanol–water partition coefficient (Wildman–Crippen LogP) is 5.60. The zero-order valence-electron chi connectivity index (χ0n) is 17.7. The third kappa shape index (κ3) is 5.09. The molecule has 32 heavy (non-hydrogen) atoms. The average Bonchev–Trinajstić information content (AvgIpc) is 3.14. The molecule has 0 saturated carbocycles. The Balaban J connectivity index is 0.000000354. The molecule has 5 aromatic rings. The normalized spacial score (nSPS) is 10.5. The van der Waals surface area contributed by atoms with E-state index in [0.29, 0.717) is 12.4 Å². The van der Waals surface area contributed by atoms with Gasteiger partial charge in [0.15, 0.2) is 5.82 Å². The van der Waals surface area contributed by atoms with Crippen molar-refractivity contribution in [3.8, 4) is 11.4 Å². The summed E-state index contributed by atoms with van der Waals surface area (Å²) in [5.41, 5.74) is 3.05. The van der Waals surface area contributed by atoms with Gasteiger partial charge in [-0.2, -0.15) is 0 Å². The Hall–Kier alpha value is -3.78. The second kappa shape index (κ2) is 10.0. The van der Waals surface area contributed by atoms with Crippen LogP contribution in [-0.4, -0.2) is 24.9 Å². The minimum Gasteiger partial charge on any atom is -0.365 e. The van der Waals surface area contributed by atoms with Gasteiger partial charge in [0, 0.05) is 41.8 Å². The van der Waals surface area contributed by atoms with Crippen molar-refractivity contribution in [2.45, 2.75) is 20.4 Å². The van der Waals surface area contributed by atoms with E-state index in [4.69, 9.17) is 9.97 Å². The number of halogens is 1. The first-order chi connectivity index (χ1) is 15.6. The number of nitrogens with zero attached hydrogens (tertiary/aromatic N) is 5. The molecule has 1 N–H and O–H groups in total. The number of fused-ring (bicyclic) bond motifs is 1. The molecule has 160 valence electrons. The molecule has 6 nitrogen and oxygen atoms in total. The van der Waals surface area contributed by atoms with Crippen molar-refractivity contribution in [1.29, 1.82) is 0 Å². The van der Waals surface area contributed by atoms with Crippen LogP contribution in [0.2, 0.25) is 0 Å². The summed E-state index contributed by atoms with van der Waals surface area (Å²) in [6.07, 6.45) is 8.37. The van der Waals surface area contributed by atoms with Gasteiger partial charge >= 0.3 is 0 Å². The first-order valence-corrected chi connectivity index (χ1v) is 10.8. The van der Waals surface area contributed by atoms with Crippen LogP contribution in [-0.2, 0) is 6.54 Å². The summed E-state index contributed by atoms with van der Waals surface area (Å²) in [6.45, 7) is 4.74. The van der Waals surface area contributed by atoms with Gasteiger partial charge in [0.25, 0.3) is 0 Å². The third-order valence-corrected chi connectivity index (χ3v) is 5.90. The molecular weight excluding hydrogens is 423 g/mol. The maximum atomic E-state index is 13.1. The van der Waals surface area contributed by atoms with Crippen molar-refractivity contribution in [2.24, 2.45) is 0 Å². The zero-order valence-corrected chi connectivity index (χ0v) is 18.5. The van der Waals surface area contributed by atoms with Crippen LogP contribution in [0, 0.1) is 19.7 Å². The molecule has 0 fully saturated rings. The number of rotatable bonds is 4. The molecule has 0 bridgehead atoms. The van der Waals surface area contributed by atoms with E-state index in [9.17, 15) is 4.39 Å². The second-order valence-electron chi connectivity index (χ2n) is 6.99. The first-order valence-electron chi connectivity index (χ1n) is 9.98. The van der Waals surface area contributed by atoms with Crippen LogP contribution in [0.5, 0.6) is 0 Å². The summed E-state index contributed by atoms with van der Waals surface area (Å²) in [5.74, 6) is 1.20. The molecule has 0 saturated heterocycles. The molecule has 0 aliphatic heterocycles. The number of aryl methyl sites for hydroxylation is 2. The summed E-state index contributed by atoms with van der Waals surface area (Å²) >= 11 is 1.66. The lowest BCUT2D eigenvalue weighted by Gasteiger charge is -2.10. The Kier molecular flexibility index (Phi) is 6.72. The molecule has 0 aliphatic carbocycles. The Morgan fingerprint density at radius 3 is 2.28 bits per heavy atom. The fraction of sp³-hybridized carbons (Fsp3) is 0.125. The van der Waals surface area contributed by atoms with Crippen molar-refractivity contribution in [3.05, 3.63) is 95.4 Å². The predicted molar refractivity (Wildman–Crippen MR) is 126 cm³/mol. The maximum Gasteiger partial charge on any atom is 0.164 e. The molecule has 1 aromatic carbocycles. The van der Waals surface area contributed by atoms with Gasteiger partial charge in [-0.1, -0.05) is 12.1 Å². The van der Waals surface area contributed by atoms with Crippen LogP contribution in [0.1, 0.15) is 16.0 Å². The molecule has 0 radical (unpaired) electrons. The van der Waals surface area contributed by atoms with Crippen molar-refractivity contribution >= 4 is 27.4 Å². The molecule has 0 aliphatic rings. The van der Waals surface area contributed by atoms with Crippen LogP contribution in [0.3, 0.4) is 0 Å². The Bertz CT molecular complexity index is 1260. The van der Waals surface area contributed by atoms with Gasteiger partial charge in [-0.25, -0.2) is 24.3 Å². The highest BCUT2D eigenvalue weighted by molar-refractivity contribution is 7.18. The number of hydrogen-bond acceptors (Lipinski definition) is 7. The first kappa shape index (κ1) is 21.5. The number of aromatic nitrogens is 5. The summed E-state index contributed by atoms with van der Waals surface area (Å²) < 4.78 is 13.1. The minimum atomic E-state index is -0.235. The molecule has 8 heteroatoms. The fourth-order valence-electron chi connectivity index (χ4n) is 3.04. The van der Waals surface area contributed by atoms with Gasteiger partial charge in [0.2, 0.25) is 0 Å². The van der Waals surface area contributed by atoms with Gasteiger partial charge in [-0.05, 0) is 55.3 Å². The van der Waals surface area contributed by atoms with E-state index in [1.165, 1.54) is 28.9 Å². The molecule has 4 aromatic heterocycles. The molecule has 4 heterocycles. The topological polar surface area (TPSA) is 76.5 Å². The summed E-state index contributed by atoms with van der Waals surface area (Å²) in [5, 5.41) is 4.44. The minimum absolute atomic E-state index is 0.235. The third-order valence-electron chi connectivity index (χ3n) is 4.80. The van der Waals surface area contributed by atoms with E-state index in [2.05, 4.69) is 34.1 Å². The lowest BCUT2D eigenvalue weighted by molar-refractivity contribution is 0.627. The lowest BCUT2D eigenvalue weighted by atomic mass is 10.2. The lowest BCUT2D eigenvalue weighted by Crippen LogP contribution is -2.04. The molecule has 5 rings (SSSR count). The van der Waals surface area contributed by atoms with Gasteiger partial charge in [0.1, 0.15) is 22.8 Å².